The second-order valence-electron chi connectivity index (χ2n) is 8.82. The van der Waals surface area contributed by atoms with Gasteiger partial charge in [-0.3, -0.25) is 9.79 Å². The van der Waals surface area contributed by atoms with Gasteiger partial charge in [-0.1, -0.05) is 18.5 Å². The summed E-state index contributed by atoms with van der Waals surface area (Å²) in [6.07, 6.45) is 8.90. The summed E-state index contributed by atoms with van der Waals surface area (Å²) in [5.74, 6) is 3.02. The normalized spacial score (nSPS) is 21.8. The van der Waals surface area contributed by atoms with Crippen LogP contribution >= 0.6 is 11.6 Å². The summed E-state index contributed by atoms with van der Waals surface area (Å²) in [7, 11) is 0. The number of rotatable bonds is 6. The Balaban J connectivity index is 1.26. The first-order valence-electron chi connectivity index (χ1n) is 11.3. The van der Waals surface area contributed by atoms with Crippen molar-refractivity contribution in [1.29, 1.82) is 0 Å². The molecule has 4 heterocycles. The molecule has 0 unspecified atom stereocenters. The number of carbonyl (C=O) groups is 1. The molecule has 0 radical (unpaired) electrons. The van der Waals surface area contributed by atoms with Gasteiger partial charge in [0.1, 0.15) is 17.3 Å². The molecule has 31 heavy (non-hydrogen) atoms. The Morgan fingerprint density at radius 3 is 3.03 bits per heavy atom. The van der Waals surface area contributed by atoms with Crippen LogP contribution in [0.3, 0.4) is 0 Å². The highest BCUT2D eigenvalue weighted by Crippen LogP contribution is 2.32. The molecule has 3 N–H and O–H groups in total. The molecule has 7 nitrogen and oxygen atoms in total. The van der Waals surface area contributed by atoms with Gasteiger partial charge in [-0.05, 0) is 49.7 Å². The van der Waals surface area contributed by atoms with Gasteiger partial charge in [0.2, 0.25) is 5.91 Å². The van der Waals surface area contributed by atoms with Crippen LogP contribution in [0.5, 0.6) is 0 Å². The van der Waals surface area contributed by atoms with Crippen LogP contribution in [0.1, 0.15) is 44.6 Å². The fourth-order valence-corrected chi connectivity index (χ4v) is 4.71. The molecule has 5 rings (SSSR count). The van der Waals surface area contributed by atoms with Gasteiger partial charge in [0, 0.05) is 48.9 Å². The molecule has 2 aromatic heterocycles. The number of hydrogen-bond acceptors (Lipinski definition) is 5. The van der Waals surface area contributed by atoms with Gasteiger partial charge in [0.25, 0.3) is 0 Å². The molecule has 0 aromatic carbocycles. The molecule has 2 fully saturated rings. The lowest BCUT2D eigenvalue weighted by Crippen LogP contribution is -2.45. The number of hydrogen-bond donors (Lipinski definition) is 3. The molecular formula is C23H29ClN6O. The molecule has 1 atom stereocenters. The average Bonchev–Trinajstić information content (AvgIpc) is 3.57. The number of amides is 1. The third-order valence-electron chi connectivity index (χ3n) is 6.53. The highest BCUT2D eigenvalue weighted by Gasteiger charge is 2.35. The molecule has 1 aliphatic carbocycles. The molecule has 0 spiro atoms. The molecule has 8 heteroatoms. The highest BCUT2D eigenvalue weighted by molar-refractivity contribution is 6.31. The van der Waals surface area contributed by atoms with Gasteiger partial charge >= 0.3 is 0 Å². The molecular weight excluding hydrogens is 412 g/mol. The Morgan fingerprint density at radius 1 is 1.35 bits per heavy atom. The zero-order valence-electron chi connectivity index (χ0n) is 17.9. The predicted molar refractivity (Wildman–Crippen MR) is 123 cm³/mol. The minimum atomic E-state index is 0.305. The van der Waals surface area contributed by atoms with Crippen LogP contribution in [0.25, 0.3) is 11.0 Å². The number of aromatic amines is 1. The van der Waals surface area contributed by atoms with Crippen LogP contribution in [0, 0.1) is 11.8 Å². The first-order chi connectivity index (χ1) is 15.1. The number of nitrogens with zero attached hydrogens (tertiary/aromatic N) is 3. The van der Waals surface area contributed by atoms with Crippen LogP contribution in [-0.4, -0.2) is 52.8 Å². The van der Waals surface area contributed by atoms with Crippen molar-refractivity contribution < 1.29 is 4.79 Å². The zero-order chi connectivity index (χ0) is 21.4. The first-order valence-corrected chi connectivity index (χ1v) is 11.7. The molecule has 2 aromatic rings. The van der Waals surface area contributed by atoms with Crippen molar-refractivity contribution in [3.63, 3.8) is 0 Å². The van der Waals surface area contributed by atoms with Crippen LogP contribution < -0.4 is 10.6 Å². The van der Waals surface area contributed by atoms with E-state index in [1.807, 2.05) is 12.3 Å². The molecule has 3 aliphatic rings. The van der Waals surface area contributed by atoms with E-state index in [0.717, 1.165) is 80.0 Å². The van der Waals surface area contributed by atoms with Crippen molar-refractivity contribution in [2.75, 3.05) is 26.2 Å². The number of halogens is 1. The summed E-state index contributed by atoms with van der Waals surface area (Å²) in [6.45, 7) is 5.46. The van der Waals surface area contributed by atoms with E-state index in [1.165, 1.54) is 5.57 Å². The van der Waals surface area contributed by atoms with Crippen molar-refractivity contribution in [2.45, 2.75) is 39.0 Å². The summed E-state index contributed by atoms with van der Waals surface area (Å²) in [6, 6.07) is 1.92. The highest BCUT2D eigenvalue weighted by atomic mass is 35.5. The number of H-pyrrole nitrogens is 1. The maximum absolute atomic E-state index is 12.5. The number of carbonyl (C=O) groups excluding carboxylic acids is 1. The number of aromatic nitrogens is 2. The van der Waals surface area contributed by atoms with E-state index in [9.17, 15) is 4.79 Å². The van der Waals surface area contributed by atoms with E-state index >= 15 is 0 Å². The summed E-state index contributed by atoms with van der Waals surface area (Å²) in [5, 5.41) is 8.73. The van der Waals surface area contributed by atoms with E-state index < -0.39 is 0 Å². The first kappa shape index (κ1) is 20.4. The summed E-state index contributed by atoms with van der Waals surface area (Å²) in [4.78, 5) is 26.9. The maximum atomic E-state index is 12.5. The number of pyridine rings is 1. The van der Waals surface area contributed by atoms with Crippen LogP contribution in [0.2, 0.25) is 5.02 Å². The van der Waals surface area contributed by atoms with E-state index in [1.54, 1.807) is 6.20 Å². The Morgan fingerprint density at radius 2 is 2.23 bits per heavy atom. The standard InChI is InChI=1S/C23H29ClN6O/c1-2-15-10-26-22(19-12-28-21-18(19)8-17(24)11-27-21)29-20(15)25-9-14-4-3-7-30(13-14)23(31)16-5-6-16/h8,11-12,14,16,25H,2-7,9-10,13H2,1H3,(H,26,29)(H,27,28)/t14-/m1/s1. The lowest BCUT2D eigenvalue weighted by molar-refractivity contribution is -0.134. The number of likely N-dealkylation sites (tertiary alicyclic amines) is 1. The van der Waals surface area contributed by atoms with Crippen molar-refractivity contribution in [1.82, 2.24) is 25.5 Å². The number of nitrogens with one attached hydrogen (secondary N) is 3. The fraction of sp³-hybridized carbons (Fsp3) is 0.522. The average molecular weight is 441 g/mol. The molecule has 164 valence electrons. The minimum Gasteiger partial charge on any atom is -0.371 e. The van der Waals surface area contributed by atoms with Crippen molar-refractivity contribution in [2.24, 2.45) is 16.8 Å². The third-order valence-corrected chi connectivity index (χ3v) is 6.74. The second-order valence-corrected chi connectivity index (χ2v) is 9.26. The Labute approximate surface area is 187 Å². The quantitative estimate of drug-likeness (QED) is 0.642. The monoisotopic (exact) mass is 440 g/mol. The molecule has 1 saturated heterocycles. The Kier molecular flexibility index (Phi) is 5.61. The van der Waals surface area contributed by atoms with Gasteiger partial charge in [-0.15, -0.1) is 0 Å². The molecule has 1 amide bonds. The number of piperidine rings is 1. The summed E-state index contributed by atoms with van der Waals surface area (Å²) < 4.78 is 0. The molecule has 2 aliphatic heterocycles. The molecule has 1 saturated carbocycles. The van der Waals surface area contributed by atoms with Crippen molar-refractivity contribution in [3.8, 4) is 0 Å². The van der Waals surface area contributed by atoms with Gasteiger partial charge in [-0.2, -0.15) is 0 Å². The number of fused-ring (bicyclic) bond motifs is 1. The SMILES string of the molecule is CCC1=C(NC[C@H]2CCCN(C(=O)C3CC3)C2)NC(c2c[nH]c3ncc(Cl)cc23)=NC1. The second kappa shape index (κ2) is 8.54. The van der Waals surface area contributed by atoms with Crippen LogP contribution in [-0.2, 0) is 4.79 Å². The lowest BCUT2D eigenvalue weighted by Gasteiger charge is -2.34. The maximum Gasteiger partial charge on any atom is 0.225 e. The number of amidine groups is 1. The predicted octanol–water partition coefficient (Wildman–Crippen LogP) is 3.43. The Bertz CT molecular complexity index is 1050. The topological polar surface area (TPSA) is 85.4 Å². The molecule has 0 bridgehead atoms. The fourth-order valence-electron chi connectivity index (χ4n) is 4.55. The van der Waals surface area contributed by atoms with Crippen LogP contribution in [0.4, 0.5) is 0 Å². The number of aliphatic imine (C=N–C) groups is 1. The van der Waals surface area contributed by atoms with Gasteiger partial charge in [0.05, 0.1) is 11.6 Å². The Hall–Kier alpha value is -2.54. The van der Waals surface area contributed by atoms with Gasteiger partial charge in [0.15, 0.2) is 0 Å². The van der Waals surface area contributed by atoms with Crippen molar-refractivity contribution >= 4 is 34.4 Å². The lowest BCUT2D eigenvalue weighted by atomic mass is 9.97. The zero-order valence-corrected chi connectivity index (χ0v) is 18.6. The smallest absolute Gasteiger partial charge is 0.225 e. The van der Waals surface area contributed by atoms with E-state index in [-0.39, 0.29) is 0 Å². The van der Waals surface area contributed by atoms with E-state index in [0.29, 0.717) is 29.3 Å². The third kappa shape index (κ3) is 4.28. The summed E-state index contributed by atoms with van der Waals surface area (Å²) >= 11 is 6.17. The van der Waals surface area contributed by atoms with Crippen LogP contribution in [0.15, 0.2) is 34.8 Å². The van der Waals surface area contributed by atoms with Gasteiger partial charge < -0.3 is 20.5 Å². The minimum absolute atomic E-state index is 0.305. The summed E-state index contributed by atoms with van der Waals surface area (Å²) in [5.41, 5.74) is 3.03. The van der Waals surface area contributed by atoms with E-state index in [4.69, 9.17) is 16.6 Å². The van der Waals surface area contributed by atoms with Crippen molar-refractivity contribution in [3.05, 3.63) is 40.4 Å². The van der Waals surface area contributed by atoms with E-state index in [2.05, 4.69) is 32.4 Å². The largest absolute Gasteiger partial charge is 0.371 e. The van der Waals surface area contributed by atoms with Gasteiger partial charge in [-0.25, -0.2) is 4.98 Å².